The first kappa shape index (κ1) is 25.7. The Hall–Kier alpha value is -0.0665. The van der Waals surface area contributed by atoms with Crippen LogP contribution >= 0.6 is 24.4 Å². The Morgan fingerprint density at radius 1 is 0.824 bits per heavy atom. The van der Waals surface area contributed by atoms with Crippen LogP contribution in [-0.2, 0) is 16.5 Å². The largest absolute Gasteiger partial charge is 2.00 e. The van der Waals surface area contributed by atoms with E-state index in [0.29, 0.717) is 19.6 Å². The first-order chi connectivity index (χ1) is 7.67. The number of hydrogen-bond acceptors (Lipinski definition) is 6. The van der Waals surface area contributed by atoms with Crippen LogP contribution in [0.3, 0.4) is 0 Å². The van der Waals surface area contributed by atoms with Gasteiger partial charge in [0.25, 0.3) is 0 Å². The Labute approximate surface area is 123 Å². The average molecular weight is 321 g/mol. The molecular formula is C8H18N6NiS2. The monoisotopic (exact) mass is 320 g/mol. The van der Waals surface area contributed by atoms with Crippen LogP contribution in [0.4, 0.5) is 0 Å². The number of nitrogens with zero attached hydrogens (tertiary/aromatic N) is 3. The zero-order valence-electron chi connectivity index (χ0n) is 9.45. The van der Waals surface area contributed by atoms with E-state index in [1.807, 2.05) is 0 Å². The summed E-state index contributed by atoms with van der Waals surface area (Å²) >= 11 is 7.40. The van der Waals surface area contributed by atoms with Crippen LogP contribution in [0.1, 0.15) is 0 Å². The van der Waals surface area contributed by atoms with E-state index < -0.39 is 0 Å². The summed E-state index contributed by atoms with van der Waals surface area (Å²) in [6.07, 6.45) is 0. The summed E-state index contributed by atoms with van der Waals surface area (Å²) < 4.78 is 0. The Morgan fingerprint density at radius 3 is 1.12 bits per heavy atom. The Bertz CT molecular complexity index is 166. The zero-order chi connectivity index (χ0) is 13.2. The van der Waals surface area contributed by atoms with Crippen molar-refractivity contribution in [2.24, 2.45) is 17.2 Å². The maximum atomic E-state index is 7.13. The van der Waals surface area contributed by atoms with E-state index in [9.17, 15) is 0 Å². The molecule has 6 N–H and O–H groups in total. The average Bonchev–Trinajstić information content (AvgIpc) is 2.21. The van der Waals surface area contributed by atoms with Gasteiger partial charge >= 0.3 is 16.5 Å². The SMILES string of the molecule is NCCN(CCN)CCN.[N-]=C=S.[N-]=C=S.[Ni+2]. The van der Waals surface area contributed by atoms with Crippen LogP contribution in [0.2, 0.25) is 0 Å². The van der Waals surface area contributed by atoms with Crippen molar-refractivity contribution in [3.63, 3.8) is 0 Å². The molecule has 0 bridgehead atoms. The van der Waals surface area contributed by atoms with Gasteiger partial charge < -0.3 is 28.0 Å². The van der Waals surface area contributed by atoms with Gasteiger partial charge in [-0.1, -0.05) is 24.4 Å². The maximum Gasteiger partial charge on any atom is 2.00 e. The maximum absolute atomic E-state index is 7.13. The number of rotatable bonds is 6. The summed E-state index contributed by atoms with van der Waals surface area (Å²) in [4.78, 5) is 2.17. The Balaban J connectivity index is -0.000000102. The van der Waals surface area contributed by atoms with Gasteiger partial charge in [0.15, 0.2) is 0 Å². The van der Waals surface area contributed by atoms with E-state index in [2.05, 4.69) is 29.3 Å². The van der Waals surface area contributed by atoms with E-state index in [1.165, 1.54) is 10.3 Å². The minimum Gasteiger partial charge on any atom is -0.753 e. The van der Waals surface area contributed by atoms with Crippen LogP contribution in [0.15, 0.2) is 0 Å². The van der Waals surface area contributed by atoms with Crippen molar-refractivity contribution in [1.82, 2.24) is 4.90 Å². The first-order valence-corrected chi connectivity index (χ1v) is 5.35. The molecule has 17 heavy (non-hydrogen) atoms. The van der Waals surface area contributed by atoms with E-state index in [-0.39, 0.29) is 16.5 Å². The van der Waals surface area contributed by atoms with Crippen molar-refractivity contribution in [3.05, 3.63) is 10.8 Å². The quantitative estimate of drug-likeness (QED) is 0.343. The molecule has 0 aromatic carbocycles. The second-order valence-corrected chi connectivity index (χ2v) is 2.76. The molecule has 0 aliphatic rings. The summed E-state index contributed by atoms with van der Waals surface area (Å²) in [6, 6.07) is 0. The zero-order valence-corrected chi connectivity index (χ0v) is 12.1. The molecular weight excluding hydrogens is 303 g/mol. The molecule has 0 rings (SSSR count). The molecule has 0 saturated carbocycles. The predicted molar refractivity (Wildman–Crippen MR) is 75.5 cm³/mol. The van der Waals surface area contributed by atoms with Gasteiger partial charge in [0.05, 0.1) is 0 Å². The number of hydrogen-bond donors (Lipinski definition) is 3. The van der Waals surface area contributed by atoms with Crippen LogP contribution in [0.25, 0.3) is 10.8 Å². The van der Waals surface area contributed by atoms with Gasteiger partial charge in [-0.25, -0.2) is 0 Å². The second kappa shape index (κ2) is 29.7. The van der Waals surface area contributed by atoms with Gasteiger partial charge in [0.1, 0.15) is 0 Å². The third kappa shape index (κ3) is 38.8. The fourth-order valence-electron chi connectivity index (χ4n) is 0.883. The number of isothiocyanates is 2. The molecule has 0 aliphatic heterocycles. The molecule has 0 aliphatic carbocycles. The fourth-order valence-corrected chi connectivity index (χ4v) is 0.883. The minimum absolute atomic E-state index is 0. The molecule has 102 valence electrons. The van der Waals surface area contributed by atoms with Crippen LogP contribution in [-0.4, -0.2) is 54.5 Å². The van der Waals surface area contributed by atoms with Crippen molar-refractivity contribution in [2.75, 3.05) is 39.3 Å². The number of thiocarbonyl (C=S) groups is 2. The van der Waals surface area contributed by atoms with Gasteiger partial charge in [0, 0.05) is 39.3 Å². The molecule has 0 heterocycles. The topological polar surface area (TPSA) is 126 Å². The van der Waals surface area contributed by atoms with Crippen LogP contribution < -0.4 is 17.2 Å². The molecule has 0 aromatic rings. The minimum atomic E-state index is 0. The summed E-state index contributed by atoms with van der Waals surface area (Å²) in [5.41, 5.74) is 16.1. The molecule has 9 heteroatoms. The van der Waals surface area contributed by atoms with Crippen molar-refractivity contribution < 1.29 is 16.5 Å². The van der Waals surface area contributed by atoms with E-state index >= 15 is 0 Å². The van der Waals surface area contributed by atoms with Crippen molar-refractivity contribution >= 4 is 34.8 Å². The summed E-state index contributed by atoms with van der Waals surface area (Å²) in [6.45, 7) is 4.73. The standard InChI is InChI=1S/C6H18N4.2CNS.Ni/c7-1-4-10(5-2-8)6-3-9;2*2-1-3;/h1-9H2;;;/q;2*-1;+2. The van der Waals surface area contributed by atoms with Crippen molar-refractivity contribution in [2.45, 2.75) is 0 Å². The third-order valence-corrected chi connectivity index (χ3v) is 1.34. The van der Waals surface area contributed by atoms with E-state index in [1.54, 1.807) is 0 Å². The van der Waals surface area contributed by atoms with Gasteiger partial charge in [-0.05, 0) is 0 Å². The molecule has 6 nitrogen and oxygen atoms in total. The Morgan fingerprint density at radius 2 is 1.00 bits per heavy atom. The third-order valence-electron chi connectivity index (χ3n) is 1.34. The Kier molecular flexibility index (Phi) is 44.9. The van der Waals surface area contributed by atoms with E-state index in [0.717, 1.165) is 19.6 Å². The van der Waals surface area contributed by atoms with Gasteiger partial charge in [-0.15, -0.1) is 0 Å². The fraction of sp³-hybridized carbons (Fsp3) is 0.750. The normalized spacial score (nSPS) is 7.29. The van der Waals surface area contributed by atoms with Crippen molar-refractivity contribution in [1.29, 1.82) is 0 Å². The van der Waals surface area contributed by atoms with Crippen molar-refractivity contribution in [3.8, 4) is 0 Å². The molecule has 0 spiro atoms. The summed E-state index contributed by atoms with van der Waals surface area (Å²) in [5, 5.41) is 16.9. The van der Waals surface area contributed by atoms with Crippen LogP contribution in [0, 0.1) is 0 Å². The summed E-state index contributed by atoms with van der Waals surface area (Å²) in [7, 11) is 0. The van der Waals surface area contributed by atoms with Gasteiger partial charge in [-0.2, -0.15) is 10.3 Å². The molecule has 0 amide bonds. The molecule has 0 fully saturated rings. The summed E-state index contributed by atoms with van der Waals surface area (Å²) in [5.74, 6) is 0. The smallest absolute Gasteiger partial charge is 0.753 e. The van der Waals surface area contributed by atoms with E-state index in [4.69, 9.17) is 28.0 Å². The molecule has 0 radical (unpaired) electrons. The predicted octanol–water partition coefficient (Wildman–Crippen LogP) is -0.521. The molecule has 0 unspecified atom stereocenters. The van der Waals surface area contributed by atoms with Crippen LogP contribution in [0.5, 0.6) is 0 Å². The van der Waals surface area contributed by atoms with Gasteiger partial charge in [0.2, 0.25) is 0 Å². The first-order valence-electron chi connectivity index (χ1n) is 4.53. The van der Waals surface area contributed by atoms with Gasteiger partial charge in [-0.3, -0.25) is 4.90 Å². The number of nitrogens with two attached hydrogens (primary N) is 3. The molecule has 0 aromatic heterocycles. The second-order valence-electron chi connectivity index (χ2n) is 2.39. The molecule has 0 atom stereocenters. The molecule has 0 saturated heterocycles.